The first-order chi connectivity index (χ1) is 13.7. The van der Waals surface area contributed by atoms with Gasteiger partial charge in [-0.25, -0.2) is 4.39 Å². The van der Waals surface area contributed by atoms with Crippen LogP contribution in [0, 0.1) is 11.7 Å². The highest BCUT2D eigenvalue weighted by atomic mass is 19.1. The third-order valence-electron chi connectivity index (χ3n) is 4.97. The molecule has 0 radical (unpaired) electrons. The SMILES string of the molecule is O=C(NCCOc1ccc2nnc(-c3ccc(F)cc3)n2n1)C1CCCCC1. The van der Waals surface area contributed by atoms with Crippen LogP contribution in [0.5, 0.6) is 5.88 Å². The number of hydrogen-bond acceptors (Lipinski definition) is 5. The molecule has 0 spiro atoms. The molecule has 0 saturated heterocycles. The molecule has 1 fully saturated rings. The molecule has 0 bridgehead atoms. The van der Waals surface area contributed by atoms with Gasteiger partial charge >= 0.3 is 0 Å². The maximum Gasteiger partial charge on any atom is 0.231 e. The molecule has 2 heterocycles. The van der Waals surface area contributed by atoms with Crippen molar-refractivity contribution in [3.63, 3.8) is 0 Å². The summed E-state index contributed by atoms with van der Waals surface area (Å²) in [5, 5.41) is 15.5. The number of benzene rings is 1. The quantitative estimate of drug-likeness (QED) is 0.662. The van der Waals surface area contributed by atoms with Gasteiger partial charge in [-0.3, -0.25) is 4.79 Å². The van der Waals surface area contributed by atoms with Crippen molar-refractivity contribution in [1.29, 1.82) is 0 Å². The number of ether oxygens (including phenoxy) is 1. The zero-order chi connectivity index (χ0) is 19.3. The van der Waals surface area contributed by atoms with Crippen LogP contribution in [-0.2, 0) is 4.79 Å². The lowest BCUT2D eigenvalue weighted by Gasteiger charge is -2.20. The number of fused-ring (bicyclic) bond motifs is 1. The average Bonchev–Trinajstić information content (AvgIpc) is 3.15. The van der Waals surface area contributed by atoms with Crippen molar-refractivity contribution < 1.29 is 13.9 Å². The molecule has 4 rings (SSSR count). The molecule has 7 nitrogen and oxygen atoms in total. The summed E-state index contributed by atoms with van der Waals surface area (Å²) in [6, 6.07) is 9.45. The third-order valence-corrected chi connectivity index (χ3v) is 4.97. The number of aromatic nitrogens is 4. The second kappa shape index (κ2) is 8.33. The van der Waals surface area contributed by atoms with Crippen LogP contribution in [0.15, 0.2) is 36.4 Å². The summed E-state index contributed by atoms with van der Waals surface area (Å²) in [4.78, 5) is 12.1. The van der Waals surface area contributed by atoms with Gasteiger partial charge in [-0.05, 0) is 43.2 Å². The van der Waals surface area contributed by atoms with E-state index in [-0.39, 0.29) is 17.6 Å². The predicted molar refractivity (Wildman–Crippen MR) is 101 cm³/mol. The Hall–Kier alpha value is -3.03. The summed E-state index contributed by atoms with van der Waals surface area (Å²) in [7, 11) is 0. The number of nitrogens with zero attached hydrogens (tertiary/aromatic N) is 4. The first-order valence-electron chi connectivity index (χ1n) is 9.59. The predicted octanol–water partition coefficient (Wildman–Crippen LogP) is 3.01. The summed E-state index contributed by atoms with van der Waals surface area (Å²) in [5.41, 5.74) is 1.27. The summed E-state index contributed by atoms with van der Waals surface area (Å²) in [6.07, 6.45) is 5.45. The van der Waals surface area contributed by atoms with Crippen LogP contribution in [0.1, 0.15) is 32.1 Å². The summed E-state index contributed by atoms with van der Waals surface area (Å²) in [6.45, 7) is 0.757. The van der Waals surface area contributed by atoms with E-state index < -0.39 is 0 Å². The smallest absolute Gasteiger partial charge is 0.231 e. The Kier molecular flexibility index (Phi) is 5.45. The Bertz CT molecular complexity index is 951. The van der Waals surface area contributed by atoms with Crippen molar-refractivity contribution in [3.05, 3.63) is 42.2 Å². The molecule has 1 amide bonds. The summed E-state index contributed by atoms with van der Waals surface area (Å²) in [5.74, 6) is 0.848. The molecule has 1 N–H and O–H groups in total. The van der Waals surface area contributed by atoms with E-state index in [1.165, 1.54) is 18.6 Å². The molecule has 1 aromatic carbocycles. The molecule has 1 saturated carbocycles. The fourth-order valence-corrected chi connectivity index (χ4v) is 3.47. The van der Waals surface area contributed by atoms with Crippen LogP contribution >= 0.6 is 0 Å². The van der Waals surface area contributed by atoms with Crippen molar-refractivity contribution in [2.75, 3.05) is 13.2 Å². The molecule has 0 unspecified atom stereocenters. The molecule has 1 aliphatic carbocycles. The maximum absolute atomic E-state index is 13.1. The fourth-order valence-electron chi connectivity index (χ4n) is 3.47. The standard InChI is InChI=1S/C20H22FN5O2/c21-16-8-6-14(7-9-16)19-24-23-17-10-11-18(25-26(17)19)28-13-12-22-20(27)15-4-2-1-3-5-15/h6-11,15H,1-5,12-13H2,(H,22,27). The Balaban J connectivity index is 1.37. The van der Waals surface area contributed by atoms with Crippen LogP contribution in [0.2, 0.25) is 0 Å². The fraction of sp³-hybridized carbons (Fsp3) is 0.400. The Morgan fingerprint density at radius 2 is 1.89 bits per heavy atom. The van der Waals surface area contributed by atoms with Gasteiger partial charge in [0.1, 0.15) is 12.4 Å². The molecular weight excluding hydrogens is 361 g/mol. The lowest BCUT2D eigenvalue weighted by atomic mass is 9.89. The van der Waals surface area contributed by atoms with E-state index in [1.54, 1.807) is 28.8 Å². The van der Waals surface area contributed by atoms with Crippen molar-refractivity contribution in [1.82, 2.24) is 25.1 Å². The maximum atomic E-state index is 13.1. The number of carbonyl (C=O) groups excluding carboxylic acids is 1. The normalized spacial score (nSPS) is 14.9. The van der Waals surface area contributed by atoms with E-state index >= 15 is 0 Å². The Morgan fingerprint density at radius 3 is 2.68 bits per heavy atom. The summed E-state index contributed by atoms with van der Waals surface area (Å²) >= 11 is 0. The van der Waals surface area contributed by atoms with Crippen LogP contribution in [0.25, 0.3) is 17.0 Å². The first-order valence-corrected chi connectivity index (χ1v) is 9.59. The van der Waals surface area contributed by atoms with Crippen molar-refractivity contribution in [3.8, 4) is 17.3 Å². The number of hydrogen-bond donors (Lipinski definition) is 1. The van der Waals surface area contributed by atoms with Gasteiger partial charge in [0.2, 0.25) is 11.8 Å². The van der Waals surface area contributed by atoms with Gasteiger partial charge in [0, 0.05) is 17.5 Å². The summed E-state index contributed by atoms with van der Waals surface area (Å²) < 4.78 is 20.4. The van der Waals surface area contributed by atoms with Crippen LogP contribution in [-0.4, -0.2) is 38.9 Å². The molecule has 28 heavy (non-hydrogen) atoms. The van der Waals surface area contributed by atoms with Gasteiger partial charge in [0.15, 0.2) is 11.5 Å². The number of nitrogens with one attached hydrogen (secondary N) is 1. The third kappa shape index (κ3) is 4.11. The highest BCUT2D eigenvalue weighted by Crippen LogP contribution is 2.23. The molecule has 1 aliphatic rings. The number of rotatable bonds is 6. The van der Waals surface area contributed by atoms with Crippen LogP contribution in [0.4, 0.5) is 4.39 Å². The largest absolute Gasteiger partial charge is 0.475 e. The zero-order valence-electron chi connectivity index (χ0n) is 15.5. The highest BCUT2D eigenvalue weighted by molar-refractivity contribution is 5.78. The zero-order valence-corrected chi connectivity index (χ0v) is 15.5. The number of halogens is 1. The minimum atomic E-state index is -0.315. The van der Waals surface area contributed by atoms with Crippen molar-refractivity contribution >= 4 is 11.6 Å². The van der Waals surface area contributed by atoms with E-state index in [0.717, 1.165) is 25.7 Å². The van der Waals surface area contributed by atoms with E-state index in [9.17, 15) is 9.18 Å². The topological polar surface area (TPSA) is 81.4 Å². The van der Waals surface area contributed by atoms with E-state index in [0.29, 0.717) is 36.1 Å². The first kappa shape index (κ1) is 18.3. The Labute approximate surface area is 161 Å². The molecule has 3 aromatic rings. The van der Waals surface area contributed by atoms with Crippen molar-refractivity contribution in [2.45, 2.75) is 32.1 Å². The van der Waals surface area contributed by atoms with Gasteiger partial charge in [-0.1, -0.05) is 19.3 Å². The highest BCUT2D eigenvalue weighted by Gasteiger charge is 2.20. The molecular formula is C20H22FN5O2. The molecule has 0 aliphatic heterocycles. The number of amides is 1. The van der Waals surface area contributed by atoms with Crippen LogP contribution < -0.4 is 10.1 Å². The molecule has 2 aromatic heterocycles. The van der Waals surface area contributed by atoms with Crippen molar-refractivity contribution in [2.24, 2.45) is 5.92 Å². The number of carbonyl (C=O) groups is 1. The van der Waals surface area contributed by atoms with Gasteiger partial charge in [0.05, 0.1) is 6.54 Å². The molecule has 8 heteroatoms. The average molecular weight is 383 g/mol. The van der Waals surface area contributed by atoms with Crippen LogP contribution in [0.3, 0.4) is 0 Å². The molecule has 0 atom stereocenters. The minimum Gasteiger partial charge on any atom is -0.475 e. The molecule has 146 valence electrons. The van der Waals surface area contributed by atoms with E-state index in [1.807, 2.05) is 0 Å². The second-order valence-corrected chi connectivity index (χ2v) is 6.95. The monoisotopic (exact) mass is 383 g/mol. The van der Waals surface area contributed by atoms with Gasteiger partial charge in [0.25, 0.3) is 0 Å². The van der Waals surface area contributed by atoms with E-state index in [4.69, 9.17) is 4.74 Å². The lowest BCUT2D eigenvalue weighted by Crippen LogP contribution is -2.34. The minimum absolute atomic E-state index is 0.115. The Morgan fingerprint density at radius 1 is 1.11 bits per heavy atom. The van der Waals surface area contributed by atoms with Gasteiger partial charge in [-0.15, -0.1) is 15.3 Å². The van der Waals surface area contributed by atoms with E-state index in [2.05, 4.69) is 20.6 Å². The second-order valence-electron chi connectivity index (χ2n) is 6.95. The van der Waals surface area contributed by atoms with Gasteiger partial charge in [-0.2, -0.15) is 4.52 Å². The van der Waals surface area contributed by atoms with Gasteiger partial charge < -0.3 is 10.1 Å². The lowest BCUT2D eigenvalue weighted by molar-refractivity contribution is -0.126.